The van der Waals surface area contributed by atoms with Gasteiger partial charge in [-0.05, 0) is 38.5 Å². The van der Waals surface area contributed by atoms with Crippen LogP contribution >= 0.6 is 7.82 Å². The van der Waals surface area contributed by atoms with Crippen molar-refractivity contribution in [3.63, 3.8) is 0 Å². The largest absolute Gasteiger partial charge is 0.472 e. The Hall–Kier alpha value is -2.41. The molecular formula is C42H73O12P. The molecule has 5 atom stereocenters. The van der Waals surface area contributed by atoms with E-state index in [9.17, 15) is 34.4 Å². The van der Waals surface area contributed by atoms with E-state index in [1.54, 1.807) is 36.5 Å². The minimum atomic E-state index is -4.69. The Labute approximate surface area is 331 Å². The standard InChI is InChI=1S/C42H73O12P/c1-3-5-7-9-11-12-13-14-15-16-17-19-25-31-41(47)51-35-40(36-53-55(49,50)52-34-39(46)33-43)54-42(48)32-26-30-38(45)29-24-21-20-23-28-37(44)27-22-18-10-8-6-4-2/h6,8,18,20-24,28-29,37-40,43-46H,3-5,7,9-17,19,25-27,30-36H2,1-2H3,(H,49,50)/b8-6-,21-20-,22-18-,28-23+,29-24+. The number of hydrogen-bond donors (Lipinski definition) is 5. The Morgan fingerprint density at radius 3 is 1.78 bits per heavy atom. The summed E-state index contributed by atoms with van der Waals surface area (Å²) < 4.78 is 32.4. The molecule has 0 aromatic heterocycles. The van der Waals surface area contributed by atoms with Gasteiger partial charge in [-0.1, -0.05) is 152 Å². The molecule has 0 aromatic rings. The summed E-state index contributed by atoms with van der Waals surface area (Å²) in [5.41, 5.74) is 0. The molecule has 5 N–H and O–H groups in total. The van der Waals surface area contributed by atoms with Gasteiger partial charge in [0.15, 0.2) is 6.10 Å². The molecule has 13 heteroatoms. The molecule has 0 aromatic carbocycles. The summed E-state index contributed by atoms with van der Waals surface area (Å²) in [5, 5.41) is 38.5. The van der Waals surface area contributed by atoms with Gasteiger partial charge in [0.05, 0.1) is 32.0 Å². The number of rotatable bonds is 37. The lowest BCUT2D eigenvalue weighted by Gasteiger charge is -2.20. The Morgan fingerprint density at radius 2 is 1.18 bits per heavy atom. The highest BCUT2D eigenvalue weighted by Gasteiger charge is 2.27. The van der Waals surface area contributed by atoms with E-state index >= 15 is 0 Å². The molecule has 55 heavy (non-hydrogen) atoms. The van der Waals surface area contributed by atoms with Crippen LogP contribution in [0.4, 0.5) is 0 Å². The Kier molecular flexibility index (Phi) is 35.6. The van der Waals surface area contributed by atoms with Crippen LogP contribution in [0.15, 0.2) is 60.8 Å². The molecule has 5 unspecified atom stereocenters. The third kappa shape index (κ3) is 37.0. The van der Waals surface area contributed by atoms with Crippen molar-refractivity contribution in [3.05, 3.63) is 60.8 Å². The summed E-state index contributed by atoms with van der Waals surface area (Å²) in [6, 6.07) is 0. The Morgan fingerprint density at radius 1 is 0.636 bits per heavy atom. The van der Waals surface area contributed by atoms with Crippen molar-refractivity contribution in [2.75, 3.05) is 26.4 Å². The van der Waals surface area contributed by atoms with Crippen molar-refractivity contribution < 1.29 is 58.0 Å². The summed E-state index contributed by atoms with van der Waals surface area (Å²) in [4.78, 5) is 34.9. The van der Waals surface area contributed by atoms with E-state index in [1.807, 2.05) is 12.2 Å². The van der Waals surface area contributed by atoms with Gasteiger partial charge in [0.1, 0.15) is 12.7 Å². The second kappa shape index (κ2) is 37.2. The molecule has 0 spiro atoms. The van der Waals surface area contributed by atoms with E-state index in [0.29, 0.717) is 12.8 Å². The van der Waals surface area contributed by atoms with Gasteiger partial charge in [-0.25, -0.2) is 4.57 Å². The molecule has 0 rings (SSSR count). The van der Waals surface area contributed by atoms with E-state index in [1.165, 1.54) is 57.8 Å². The number of esters is 2. The van der Waals surface area contributed by atoms with Crippen LogP contribution in [0.2, 0.25) is 0 Å². The number of unbranched alkanes of at least 4 members (excludes halogenated alkanes) is 12. The summed E-state index contributed by atoms with van der Waals surface area (Å²) in [7, 11) is -4.69. The van der Waals surface area contributed by atoms with Crippen LogP contribution in [-0.4, -0.2) is 88.1 Å². The highest BCUT2D eigenvalue weighted by molar-refractivity contribution is 7.47. The molecule has 0 saturated heterocycles. The van der Waals surface area contributed by atoms with Crippen LogP contribution in [0.1, 0.15) is 142 Å². The van der Waals surface area contributed by atoms with E-state index in [0.717, 1.165) is 32.1 Å². The van der Waals surface area contributed by atoms with Crippen LogP contribution in [0.25, 0.3) is 0 Å². The van der Waals surface area contributed by atoms with Crippen LogP contribution in [-0.2, 0) is 32.7 Å². The predicted octanol–water partition coefficient (Wildman–Crippen LogP) is 8.27. The van der Waals surface area contributed by atoms with Crippen LogP contribution in [0, 0.1) is 0 Å². The smallest absolute Gasteiger partial charge is 0.462 e. The van der Waals surface area contributed by atoms with Gasteiger partial charge in [0.2, 0.25) is 0 Å². The third-order valence-corrected chi connectivity index (χ3v) is 9.33. The van der Waals surface area contributed by atoms with Crippen molar-refractivity contribution in [1.29, 1.82) is 0 Å². The maximum absolute atomic E-state index is 12.6. The van der Waals surface area contributed by atoms with Crippen molar-refractivity contribution >= 4 is 19.8 Å². The number of aliphatic hydroxyl groups excluding tert-OH is 4. The number of hydrogen-bond acceptors (Lipinski definition) is 11. The highest BCUT2D eigenvalue weighted by atomic mass is 31.2. The lowest BCUT2D eigenvalue weighted by Crippen LogP contribution is -2.30. The number of phosphoric ester groups is 1. The van der Waals surface area contributed by atoms with E-state index in [4.69, 9.17) is 19.1 Å². The lowest BCUT2D eigenvalue weighted by atomic mass is 10.0. The normalized spacial score (nSPS) is 15.7. The lowest BCUT2D eigenvalue weighted by molar-refractivity contribution is -0.161. The first kappa shape index (κ1) is 52.6. The van der Waals surface area contributed by atoms with Crippen molar-refractivity contribution in [3.8, 4) is 0 Å². The monoisotopic (exact) mass is 800 g/mol. The Bertz CT molecular complexity index is 1140. The van der Waals surface area contributed by atoms with E-state index in [-0.39, 0.29) is 25.7 Å². The SMILES string of the molecule is CC/C=C\C/C=C\CC(O)/C=C/C=C\C=C\C(O)CCCC(=O)OC(COC(=O)CCCCCCCCCCCCCCC)COP(=O)(O)OCC(O)CO. The van der Waals surface area contributed by atoms with Gasteiger partial charge in [0, 0.05) is 12.8 Å². The second-order valence-corrected chi connectivity index (χ2v) is 15.1. The number of aliphatic hydroxyl groups is 4. The van der Waals surface area contributed by atoms with Gasteiger partial charge in [-0.15, -0.1) is 0 Å². The average Bonchev–Trinajstić information content (AvgIpc) is 3.16. The fourth-order valence-electron chi connectivity index (χ4n) is 5.17. The molecule has 12 nitrogen and oxygen atoms in total. The molecule has 0 aliphatic rings. The number of phosphoric acid groups is 1. The molecule has 318 valence electrons. The molecule has 0 saturated carbocycles. The van der Waals surface area contributed by atoms with E-state index in [2.05, 4.69) is 30.5 Å². The summed E-state index contributed by atoms with van der Waals surface area (Å²) in [5.74, 6) is -1.17. The first-order chi connectivity index (χ1) is 26.5. The zero-order valence-corrected chi connectivity index (χ0v) is 34.5. The predicted molar refractivity (Wildman–Crippen MR) is 217 cm³/mol. The highest BCUT2D eigenvalue weighted by Crippen LogP contribution is 2.43. The molecule has 0 amide bonds. The molecule has 0 bridgehead atoms. The Balaban J connectivity index is 4.62. The molecule has 0 radical (unpaired) electrons. The van der Waals surface area contributed by atoms with Crippen molar-refractivity contribution in [1.82, 2.24) is 0 Å². The fourth-order valence-corrected chi connectivity index (χ4v) is 5.96. The maximum Gasteiger partial charge on any atom is 0.472 e. The van der Waals surface area contributed by atoms with Crippen molar-refractivity contribution in [2.45, 2.75) is 167 Å². The van der Waals surface area contributed by atoms with Gasteiger partial charge in [-0.2, -0.15) is 0 Å². The molecule has 0 fully saturated rings. The molecule has 0 heterocycles. The zero-order chi connectivity index (χ0) is 40.8. The van der Waals surface area contributed by atoms with Gasteiger partial charge >= 0.3 is 19.8 Å². The third-order valence-electron chi connectivity index (χ3n) is 8.38. The van der Waals surface area contributed by atoms with Gasteiger partial charge < -0.3 is 34.8 Å². The molecule has 0 aliphatic heterocycles. The summed E-state index contributed by atoms with van der Waals surface area (Å²) in [6.45, 7) is 1.93. The summed E-state index contributed by atoms with van der Waals surface area (Å²) >= 11 is 0. The van der Waals surface area contributed by atoms with Crippen LogP contribution < -0.4 is 0 Å². The summed E-state index contributed by atoms with van der Waals surface area (Å²) in [6.07, 6.45) is 32.5. The minimum Gasteiger partial charge on any atom is -0.462 e. The zero-order valence-electron chi connectivity index (χ0n) is 33.6. The average molecular weight is 801 g/mol. The van der Waals surface area contributed by atoms with E-state index < -0.39 is 70.6 Å². The topological polar surface area (TPSA) is 189 Å². The first-order valence-corrected chi connectivity index (χ1v) is 22.0. The first-order valence-electron chi connectivity index (χ1n) is 20.5. The quantitative estimate of drug-likeness (QED) is 0.0133. The number of allylic oxidation sites excluding steroid dienone is 7. The van der Waals surface area contributed by atoms with Gasteiger partial charge in [-0.3, -0.25) is 18.6 Å². The maximum atomic E-state index is 12.6. The molecular weight excluding hydrogens is 727 g/mol. The minimum absolute atomic E-state index is 0.0793. The number of ether oxygens (including phenoxy) is 2. The second-order valence-electron chi connectivity index (χ2n) is 13.7. The molecule has 0 aliphatic carbocycles. The van der Waals surface area contributed by atoms with Gasteiger partial charge in [0.25, 0.3) is 0 Å². The van der Waals surface area contributed by atoms with Crippen molar-refractivity contribution in [2.24, 2.45) is 0 Å². The number of carbonyl (C=O) groups is 2. The number of carbonyl (C=O) groups excluding carboxylic acids is 2. The van der Waals surface area contributed by atoms with Crippen LogP contribution in [0.3, 0.4) is 0 Å². The van der Waals surface area contributed by atoms with Crippen LogP contribution in [0.5, 0.6) is 0 Å². The fraction of sp³-hybridized carbons (Fsp3) is 0.714.